The number of carbonyl (C=O) groups is 1. The van der Waals surface area contributed by atoms with Gasteiger partial charge in [-0.2, -0.15) is 4.98 Å². The Morgan fingerprint density at radius 3 is 2.45 bits per heavy atom. The maximum atomic E-state index is 13.0. The monoisotopic (exact) mass is 452 g/mol. The maximum absolute atomic E-state index is 13.0. The lowest BCUT2D eigenvalue weighted by Crippen LogP contribution is -2.33. The fraction of sp³-hybridized carbons (Fsp3) is 0.591. The van der Waals surface area contributed by atoms with E-state index in [1.165, 1.54) is 6.66 Å². The zero-order valence-corrected chi connectivity index (χ0v) is 20.1. The van der Waals surface area contributed by atoms with Crippen molar-refractivity contribution in [3.8, 4) is 17.1 Å². The van der Waals surface area contributed by atoms with Crippen LogP contribution in [-0.2, 0) is 25.0 Å². The Morgan fingerprint density at radius 1 is 1.19 bits per heavy atom. The smallest absolute Gasteiger partial charge is 0.319 e. The number of hydrogen-bond donors (Lipinski definition) is 0. The Balaban J connectivity index is 2.16. The van der Waals surface area contributed by atoms with Crippen LogP contribution in [0.3, 0.4) is 0 Å². The van der Waals surface area contributed by atoms with Crippen molar-refractivity contribution in [1.29, 1.82) is 0 Å². The van der Waals surface area contributed by atoms with E-state index in [0.717, 1.165) is 24.2 Å². The molecule has 0 spiro atoms. The second-order valence-corrected chi connectivity index (χ2v) is 11.0. The molecule has 0 saturated heterocycles. The highest BCUT2D eigenvalue weighted by Gasteiger charge is 2.40. The van der Waals surface area contributed by atoms with Gasteiger partial charge in [0, 0.05) is 18.6 Å². The first-order valence-corrected chi connectivity index (χ1v) is 12.7. The van der Waals surface area contributed by atoms with Crippen molar-refractivity contribution < 1.29 is 27.9 Å². The summed E-state index contributed by atoms with van der Waals surface area (Å²) < 4.78 is 34.9. The quantitative estimate of drug-likeness (QED) is 0.263. The minimum Gasteiger partial charge on any atom is -0.494 e. The van der Waals surface area contributed by atoms with Crippen molar-refractivity contribution in [2.75, 3.05) is 19.9 Å². The molecule has 2 atom stereocenters. The molecule has 0 aliphatic carbocycles. The summed E-state index contributed by atoms with van der Waals surface area (Å²) >= 11 is 0. The van der Waals surface area contributed by atoms with Crippen LogP contribution in [0.4, 0.5) is 0 Å². The molecule has 0 aliphatic rings. The number of rotatable bonds is 11. The third-order valence-corrected chi connectivity index (χ3v) is 6.64. The summed E-state index contributed by atoms with van der Waals surface area (Å²) in [4.78, 5) is 17.1. The highest BCUT2D eigenvalue weighted by atomic mass is 31.2. The van der Waals surface area contributed by atoms with Crippen molar-refractivity contribution in [3.05, 3.63) is 30.2 Å². The largest absolute Gasteiger partial charge is 0.494 e. The molecule has 0 amide bonds. The second-order valence-electron chi connectivity index (χ2n) is 8.32. The average molecular weight is 452 g/mol. The molecular weight excluding hydrogens is 419 g/mol. The van der Waals surface area contributed by atoms with E-state index in [1.807, 2.05) is 24.3 Å². The Labute approximate surface area is 184 Å². The molecule has 9 heteroatoms. The molecule has 1 heterocycles. The lowest BCUT2D eigenvalue weighted by molar-refractivity contribution is -0.154. The molecule has 2 rings (SSSR count). The molecule has 1 aromatic heterocycles. The van der Waals surface area contributed by atoms with Gasteiger partial charge in [0.25, 0.3) is 0 Å². The Bertz CT molecular complexity index is 888. The number of esters is 1. The van der Waals surface area contributed by atoms with Gasteiger partial charge >= 0.3 is 5.97 Å². The van der Waals surface area contributed by atoms with Gasteiger partial charge < -0.3 is 18.5 Å². The predicted molar refractivity (Wildman–Crippen MR) is 119 cm³/mol. The third-order valence-electron chi connectivity index (χ3n) is 4.35. The molecule has 31 heavy (non-hydrogen) atoms. The van der Waals surface area contributed by atoms with Crippen LogP contribution in [0.5, 0.6) is 5.75 Å². The van der Waals surface area contributed by atoms with Gasteiger partial charge in [-0.1, -0.05) is 18.5 Å². The summed E-state index contributed by atoms with van der Waals surface area (Å²) in [5, 5.41) is 4.00. The molecule has 0 saturated carbocycles. The molecule has 0 aliphatic heterocycles. The summed E-state index contributed by atoms with van der Waals surface area (Å²) in [5.41, 5.74) is -1.01. The van der Waals surface area contributed by atoms with Gasteiger partial charge in [-0.15, -0.1) is 0 Å². The van der Waals surface area contributed by atoms with Crippen LogP contribution in [-0.4, -0.2) is 47.2 Å². The summed E-state index contributed by atoms with van der Waals surface area (Å²) in [6, 6.07) is 7.37. The van der Waals surface area contributed by atoms with E-state index in [0.29, 0.717) is 12.4 Å². The zero-order valence-electron chi connectivity index (χ0n) is 19.2. The Kier molecular flexibility index (Phi) is 8.83. The normalized spacial score (nSPS) is 14.6. The number of benzene rings is 1. The topological polar surface area (TPSA) is 101 Å². The van der Waals surface area contributed by atoms with E-state index in [9.17, 15) is 9.36 Å². The van der Waals surface area contributed by atoms with Crippen LogP contribution >= 0.6 is 7.37 Å². The SMILES string of the molecule is CCCCOc1ccc(-c2noc(CC(C(=O)OC(C)(C)C)P(C)(=O)OCC)n2)cc1. The fourth-order valence-corrected chi connectivity index (χ4v) is 4.43. The molecule has 0 bridgehead atoms. The third kappa shape index (κ3) is 7.78. The van der Waals surface area contributed by atoms with Crippen LogP contribution in [0, 0.1) is 0 Å². The second kappa shape index (κ2) is 10.9. The predicted octanol–water partition coefficient (Wildman–Crippen LogP) is 5.11. The number of carbonyl (C=O) groups excluding carboxylic acids is 1. The van der Waals surface area contributed by atoms with E-state index >= 15 is 0 Å². The molecule has 2 unspecified atom stereocenters. The van der Waals surface area contributed by atoms with E-state index in [-0.39, 0.29) is 18.9 Å². The molecule has 172 valence electrons. The average Bonchev–Trinajstić information content (AvgIpc) is 3.14. The number of hydrogen-bond acceptors (Lipinski definition) is 8. The molecule has 2 aromatic rings. The lowest BCUT2D eigenvalue weighted by atomic mass is 10.2. The van der Waals surface area contributed by atoms with Crippen molar-refractivity contribution >= 4 is 13.3 Å². The summed E-state index contributed by atoms with van der Waals surface area (Å²) in [6.45, 7) is 11.4. The van der Waals surface area contributed by atoms with Crippen LogP contribution in [0.2, 0.25) is 0 Å². The zero-order chi connectivity index (χ0) is 23.1. The number of unbranched alkanes of at least 4 members (excludes halogenated alkanes) is 1. The minimum absolute atomic E-state index is 0.0338. The minimum atomic E-state index is -3.31. The van der Waals surface area contributed by atoms with Crippen LogP contribution in [0.25, 0.3) is 11.4 Å². The highest BCUT2D eigenvalue weighted by molar-refractivity contribution is 7.60. The molecule has 0 N–H and O–H groups in total. The van der Waals surface area contributed by atoms with E-state index in [1.54, 1.807) is 27.7 Å². The van der Waals surface area contributed by atoms with Crippen LogP contribution in [0.15, 0.2) is 28.8 Å². The van der Waals surface area contributed by atoms with Crippen molar-refractivity contribution in [1.82, 2.24) is 10.1 Å². The van der Waals surface area contributed by atoms with Gasteiger partial charge in [-0.05, 0) is 58.4 Å². The highest BCUT2D eigenvalue weighted by Crippen LogP contribution is 2.50. The first kappa shape index (κ1) is 25.1. The molecule has 1 aromatic carbocycles. The van der Waals surface area contributed by atoms with E-state index in [4.69, 9.17) is 18.5 Å². The van der Waals surface area contributed by atoms with Gasteiger partial charge in [0.15, 0.2) is 0 Å². The summed E-state index contributed by atoms with van der Waals surface area (Å²) in [5.74, 6) is 0.728. The van der Waals surface area contributed by atoms with Crippen molar-refractivity contribution in [2.45, 2.75) is 65.1 Å². The fourth-order valence-electron chi connectivity index (χ4n) is 2.81. The van der Waals surface area contributed by atoms with Gasteiger partial charge in [-0.25, -0.2) is 0 Å². The molecule has 0 fully saturated rings. The van der Waals surface area contributed by atoms with E-state index < -0.39 is 24.6 Å². The van der Waals surface area contributed by atoms with E-state index in [2.05, 4.69) is 17.1 Å². The first-order valence-electron chi connectivity index (χ1n) is 10.6. The summed E-state index contributed by atoms with van der Waals surface area (Å²) in [7, 11) is -3.31. The van der Waals surface area contributed by atoms with Gasteiger partial charge in [0.2, 0.25) is 19.1 Å². The number of ether oxygens (including phenoxy) is 2. The lowest BCUT2D eigenvalue weighted by Gasteiger charge is -2.26. The maximum Gasteiger partial charge on any atom is 0.319 e. The Morgan fingerprint density at radius 2 is 1.87 bits per heavy atom. The standard InChI is InChI=1S/C22H33N2O6P/c1-7-9-14-27-17-12-10-16(11-13-17)20-23-19(30-24-20)15-18(31(6,26)28-8-2)21(25)29-22(3,4)5/h10-13,18H,7-9,14-15H2,1-6H3. The van der Waals surface area contributed by atoms with Crippen molar-refractivity contribution in [2.24, 2.45) is 0 Å². The van der Waals surface area contributed by atoms with Gasteiger partial charge in [-0.3, -0.25) is 9.36 Å². The number of nitrogens with zero attached hydrogens (tertiary/aromatic N) is 2. The number of aromatic nitrogens is 2. The van der Waals surface area contributed by atoms with Crippen LogP contribution in [0.1, 0.15) is 53.4 Å². The molecular formula is C22H33N2O6P. The Hall–Kier alpha value is -2.18. The summed E-state index contributed by atoms with van der Waals surface area (Å²) in [6.07, 6.45) is 2.04. The van der Waals surface area contributed by atoms with Gasteiger partial charge in [0.05, 0.1) is 13.2 Å². The molecule has 8 nitrogen and oxygen atoms in total. The molecule has 0 radical (unpaired) electrons. The first-order chi connectivity index (χ1) is 14.6. The van der Waals surface area contributed by atoms with Gasteiger partial charge in [0.1, 0.15) is 17.0 Å². The van der Waals surface area contributed by atoms with Crippen LogP contribution < -0.4 is 4.74 Å². The van der Waals surface area contributed by atoms with Crippen molar-refractivity contribution in [3.63, 3.8) is 0 Å².